The zero-order valence-electron chi connectivity index (χ0n) is 16.7. The molecule has 2 fully saturated rings. The van der Waals surface area contributed by atoms with Gasteiger partial charge in [-0.25, -0.2) is 0 Å². The molecule has 1 aromatic heterocycles. The lowest BCUT2D eigenvalue weighted by Gasteiger charge is -2.41. The van der Waals surface area contributed by atoms with Crippen molar-refractivity contribution in [2.75, 3.05) is 19.6 Å². The van der Waals surface area contributed by atoms with Crippen molar-refractivity contribution in [3.8, 4) is 0 Å². The smallest absolute Gasteiger partial charge is 0.290 e. The molecule has 0 spiro atoms. The van der Waals surface area contributed by atoms with E-state index in [1.165, 1.54) is 17.7 Å². The Balaban J connectivity index is 0.000000706. The van der Waals surface area contributed by atoms with Crippen molar-refractivity contribution in [3.05, 3.63) is 17.0 Å². The lowest BCUT2D eigenvalue weighted by molar-refractivity contribution is -0.139. The standard InChI is InChI=1S/C19H30N4O2.CH2O2/c1-2-23-18-8-11-22(12-16(18)17(13-24)20-23)15-6-9-21(10-7-15)19(25)14-4-3-5-14;2-1-3/h14-15,24H,2-13H2,1H3;1H,(H,2,3). The summed E-state index contributed by atoms with van der Waals surface area (Å²) >= 11 is 0. The molecule has 156 valence electrons. The fourth-order valence-electron chi connectivity index (χ4n) is 4.65. The average Bonchev–Trinajstić information content (AvgIpc) is 3.04. The summed E-state index contributed by atoms with van der Waals surface area (Å²) in [4.78, 5) is 25.4. The molecule has 28 heavy (non-hydrogen) atoms. The Labute approximate surface area is 166 Å². The summed E-state index contributed by atoms with van der Waals surface area (Å²) in [6.07, 6.45) is 6.57. The van der Waals surface area contributed by atoms with Gasteiger partial charge in [-0.3, -0.25) is 19.2 Å². The van der Waals surface area contributed by atoms with E-state index in [-0.39, 0.29) is 13.1 Å². The van der Waals surface area contributed by atoms with Gasteiger partial charge in [0.1, 0.15) is 0 Å². The van der Waals surface area contributed by atoms with Crippen molar-refractivity contribution < 1.29 is 19.8 Å². The number of rotatable bonds is 4. The van der Waals surface area contributed by atoms with Crippen molar-refractivity contribution >= 4 is 12.4 Å². The molecule has 8 nitrogen and oxygen atoms in total. The molecule has 1 aromatic rings. The van der Waals surface area contributed by atoms with E-state index in [1.807, 2.05) is 0 Å². The number of fused-ring (bicyclic) bond motifs is 1. The minimum absolute atomic E-state index is 0.0253. The normalized spacial score (nSPS) is 20.7. The molecule has 8 heteroatoms. The molecule has 2 N–H and O–H groups in total. The van der Waals surface area contributed by atoms with E-state index < -0.39 is 0 Å². The second-order valence-electron chi connectivity index (χ2n) is 7.86. The number of piperidine rings is 1. The first-order valence-electron chi connectivity index (χ1n) is 10.4. The van der Waals surface area contributed by atoms with Crippen LogP contribution in [-0.4, -0.2) is 67.8 Å². The van der Waals surface area contributed by atoms with E-state index in [0.717, 1.165) is 70.5 Å². The van der Waals surface area contributed by atoms with Crippen LogP contribution in [0.1, 0.15) is 56.0 Å². The Morgan fingerprint density at radius 2 is 1.89 bits per heavy atom. The lowest BCUT2D eigenvalue weighted by atomic mass is 9.84. The van der Waals surface area contributed by atoms with Crippen molar-refractivity contribution in [2.45, 2.75) is 71.2 Å². The summed E-state index contributed by atoms with van der Waals surface area (Å²) in [5, 5.41) is 21.1. The number of carbonyl (C=O) groups is 2. The third-order valence-corrected chi connectivity index (χ3v) is 6.44. The number of carbonyl (C=O) groups excluding carboxylic acids is 1. The summed E-state index contributed by atoms with van der Waals surface area (Å²) in [5.41, 5.74) is 3.39. The highest BCUT2D eigenvalue weighted by Crippen LogP contribution is 2.31. The monoisotopic (exact) mass is 392 g/mol. The third-order valence-electron chi connectivity index (χ3n) is 6.44. The van der Waals surface area contributed by atoms with Gasteiger partial charge in [0.15, 0.2) is 0 Å². The van der Waals surface area contributed by atoms with E-state index >= 15 is 0 Å². The molecule has 0 unspecified atom stereocenters. The topological polar surface area (TPSA) is 98.9 Å². The highest BCUT2D eigenvalue weighted by Gasteiger charge is 2.34. The highest BCUT2D eigenvalue weighted by atomic mass is 16.3. The SMILES string of the molecule is CCn1nc(CO)c2c1CCN(C1CCN(C(=O)C3CCC3)CC1)C2.O=CO. The molecular weight excluding hydrogens is 360 g/mol. The van der Waals surface area contributed by atoms with Crippen molar-refractivity contribution in [1.29, 1.82) is 0 Å². The number of aliphatic hydroxyl groups is 1. The molecule has 4 rings (SSSR count). The largest absolute Gasteiger partial charge is 0.483 e. The number of carboxylic acid groups (broad SMARTS) is 1. The number of likely N-dealkylation sites (tertiary alicyclic amines) is 1. The molecule has 0 bridgehead atoms. The van der Waals surface area contributed by atoms with Gasteiger partial charge in [0.25, 0.3) is 6.47 Å². The molecule has 1 amide bonds. The third kappa shape index (κ3) is 4.22. The number of aromatic nitrogens is 2. The average molecular weight is 393 g/mol. The molecule has 1 saturated heterocycles. The predicted molar refractivity (Wildman–Crippen MR) is 104 cm³/mol. The Bertz CT molecular complexity index is 678. The van der Waals surface area contributed by atoms with Gasteiger partial charge in [0.05, 0.1) is 12.3 Å². The van der Waals surface area contributed by atoms with Crippen LogP contribution in [0, 0.1) is 5.92 Å². The van der Waals surface area contributed by atoms with Crippen LogP contribution in [-0.2, 0) is 35.7 Å². The van der Waals surface area contributed by atoms with E-state index in [9.17, 15) is 9.90 Å². The van der Waals surface area contributed by atoms with Gasteiger partial charge in [0, 0.05) is 62.4 Å². The Kier molecular flexibility index (Phi) is 7.07. The fraction of sp³-hybridized carbons (Fsp3) is 0.750. The van der Waals surface area contributed by atoms with Crippen LogP contribution in [0.25, 0.3) is 0 Å². The van der Waals surface area contributed by atoms with Crippen LogP contribution in [0.15, 0.2) is 0 Å². The number of amides is 1. The zero-order valence-corrected chi connectivity index (χ0v) is 16.7. The summed E-state index contributed by atoms with van der Waals surface area (Å²) in [6.45, 7) is 6.52. The van der Waals surface area contributed by atoms with Gasteiger partial charge in [-0.1, -0.05) is 6.42 Å². The Hall–Kier alpha value is -1.93. The number of hydrogen-bond donors (Lipinski definition) is 2. The summed E-state index contributed by atoms with van der Waals surface area (Å²) in [6, 6.07) is 0.551. The maximum Gasteiger partial charge on any atom is 0.290 e. The van der Waals surface area contributed by atoms with Crippen molar-refractivity contribution in [3.63, 3.8) is 0 Å². The zero-order chi connectivity index (χ0) is 20.1. The second kappa shape index (κ2) is 9.52. The Morgan fingerprint density at radius 3 is 2.43 bits per heavy atom. The maximum absolute atomic E-state index is 12.4. The minimum Gasteiger partial charge on any atom is -0.483 e. The first-order valence-corrected chi connectivity index (χ1v) is 10.4. The van der Waals surface area contributed by atoms with Gasteiger partial charge in [-0.2, -0.15) is 5.10 Å². The second-order valence-corrected chi connectivity index (χ2v) is 7.86. The molecule has 0 radical (unpaired) electrons. The summed E-state index contributed by atoms with van der Waals surface area (Å²) in [5.74, 6) is 0.721. The minimum atomic E-state index is -0.250. The summed E-state index contributed by atoms with van der Waals surface area (Å²) in [7, 11) is 0. The fourth-order valence-corrected chi connectivity index (χ4v) is 4.65. The van der Waals surface area contributed by atoms with Gasteiger partial charge in [-0.15, -0.1) is 0 Å². The quantitative estimate of drug-likeness (QED) is 0.748. The molecule has 0 aromatic carbocycles. The maximum atomic E-state index is 12.4. The number of aliphatic hydroxyl groups excluding tert-OH is 1. The van der Waals surface area contributed by atoms with Crippen molar-refractivity contribution in [1.82, 2.24) is 19.6 Å². The molecule has 3 aliphatic rings. The molecular formula is C20H32N4O4. The first-order chi connectivity index (χ1) is 13.6. The molecule has 0 atom stereocenters. The van der Waals surface area contributed by atoms with E-state index in [1.54, 1.807) is 0 Å². The molecule has 3 heterocycles. The van der Waals surface area contributed by atoms with Crippen LogP contribution in [0.2, 0.25) is 0 Å². The highest BCUT2D eigenvalue weighted by molar-refractivity contribution is 5.79. The molecule has 2 aliphatic heterocycles. The van der Waals surface area contributed by atoms with Gasteiger partial charge < -0.3 is 15.1 Å². The van der Waals surface area contributed by atoms with Gasteiger partial charge >= 0.3 is 0 Å². The van der Waals surface area contributed by atoms with Gasteiger partial charge in [0.2, 0.25) is 5.91 Å². The number of hydrogen-bond acceptors (Lipinski definition) is 5. The van der Waals surface area contributed by atoms with Crippen LogP contribution in [0.3, 0.4) is 0 Å². The summed E-state index contributed by atoms with van der Waals surface area (Å²) < 4.78 is 2.05. The van der Waals surface area contributed by atoms with Crippen LogP contribution in [0.4, 0.5) is 0 Å². The lowest BCUT2D eigenvalue weighted by Crippen LogP contribution is -2.50. The van der Waals surface area contributed by atoms with Crippen LogP contribution < -0.4 is 0 Å². The Morgan fingerprint density at radius 1 is 1.21 bits per heavy atom. The van der Waals surface area contributed by atoms with Crippen LogP contribution in [0.5, 0.6) is 0 Å². The van der Waals surface area contributed by atoms with Crippen molar-refractivity contribution in [2.24, 2.45) is 5.92 Å². The number of nitrogens with zero attached hydrogens (tertiary/aromatic N) is 4. The molecule has 1 aliphatic carbocycles. The van der Waals surface area contributed by atoms with E-state index in [0.29, 0.717) is 17.9 Å². The number of aryl methyl sites for hydroxylation is 1. The molecule has 1 saturated carbocycles. The van der Waals surface area contributed by atoms with E-state index in [4.69, 9.17) is 9.90 Å². The predicted octanol–water partition coefficient (Wildman–Crippen LogP) is 1.25. The van der Waals surface area contributed by atoms with Gasteiger partial charge in [-0.05, 0) is 32.6 Å². The van der Waals surface area contributed by atoms with Crippen LogP contribution >= 0.6 is 0 Å². The van der Waals surface area contributed by atoms with E-state index in [2.05, 4.69) is 26.5 Å². The first kappa shape index (κ1) is 20.8.